The van der Waals surface area contributed by atoms with Crippen LogP contribution in [0.1, 0.15) is 18.4 Å². The minimum atomic E-state index is -0.691. The van der Waals surface area contributed by atoms with Crippen LogP contribution in [0.5, 0.6) is 5.75 Å². The molecule has 1 aliphatic rings. The summed E-state index contributed by atoms with van der Waals surface area (Å²) in [5.41, 5.74) is 4.07. The topological polar surface area (TPSA) is 96.8 Å². The number of likely N-dealkylation sites (tertiary alicyclic amines) is 1. The van der Waals surface area contributed by atoms with E-state index >= 15 is 0 Å². The zero-order valence-electron chi connectivity index (χ0n) is 19.7. The molecular weight excluding hydrogens is 444 g/mol. The molecule has 0 radical (unpaired) electrons. The molecule has 8 nitrogen and oxygen atoms in total. The Bertz CT molecular complexity index is 1230. The summed E-state index contributed by atoms with van der Waals surface area (Å²) in [4.78, 5) is 6.42. The molecular formula is C27H30N4O4. The van der Waals surface area contributed by atoms with E-state index in [0.29, 0.717) is 13.1 Å². The van der Waals surface area contributed by atoms with Gasteiger partial charge in [-0.25, -0.2) is 4.98 Å². The monoisotopic (exact) mass is 474 g/mol. The van der Waals surface area contributed by atoms with E-state index in [2.05, 4.69) is 50.8 Å². The van der Waals surface area contributed by atoms with Crippen LogP contribution in [0.4, 0.5) is 0 Å². The molecule has 2 N–H and O–H groups in total. The van der Waals surface area contributed by atoms with Crippen molar-refractivity contribution in [3.8, 4) is 28.2 Å². The van der Waals surface area contributed by atoms with Crippen molar-refractivity contribution < 1.29 is 19.5 Å². The van der Waals surface area contributed by atoms with Crippen LogP contribution in [-0.4, -0.2) is 68.3 Å². The molecule has 2 aromatic carbocycles. The molecule has 1 atom stereocenters. The highest BCUT2D eigenvalue weighted by atomic mass is 16.5. The normalized spacial score (nSPS) is 15.2. The maximum absolute atomic E-state index is 9.51. The van der Waals surface area contributed by atoms with Crippen molar-refractivity contribution in [3.05, 3.63) is 78.5 Å². The second-order valence-corrected chi connectivity index (χ2v) is 8.90. The summed E-state index contributed by atoms with van der Waals surface area (Å²) in [6, 6.07) is 18.3. The van der Waals surface area contributed by atoms with E-state index in [4.69, 9.17) is 14.4 Å². The number of aryl methyl sites for hydroxylation is 1. The van der Waals surface area contributed by atoms with E-state index in [1.54, 1.807) is 0 Å². The molecule has 2 aromatic heterocycles. The van der Waals surface area contributed by atoms with Crippen LogP contribution >= 0.6 is 0 Å². The number of aliphatic hydroxyl groups is 2. The highest BCUT2D eigenvalue weighted by Crippen LogP contribution is 2.28. The molecule has 182 valence electrons. The van der Waals surface area contributed by atoms with E-state index in [1.165, 1.54) is 0 Å². The highest BCUT2D eigenvalue weighted by molar-refractivity contribution is 5.68. The van der Waals surface area contributed by atoms with Gasteiger partial charge in [0.1, 0.15) is 23.4 Å². The van der Waals surface area contributed by atoms with Crippen LogP contribution < -0.4 is 4.74 Å². The van der Waals surface area contributed by atoms with Crippen molar-refractivity contribution in [2.24, 2.45) is 0 Å². The van der Waals surface area contributed by atoms with Crippen molar-refractivity contribution in [1.29, 1.82) is 0 Å². The summed E-state index contributed by atoms with van der Waals surface area (Å²) >= 11 is 0. The Morgan fingerprint density at radius 2 is 1.74 bits per heavy atom. The molecule has 4 aromatic rings. The number of aliphatic hydroxyl groups excluding tert-OH is 2. The van der Waals surface area contributed by atoms with Gasteiger partial charge in [0.25, 0.3) is 0 Å². The molecule has 0 bridgehead atoms. The lowest BCUT2D eigenvalue weighted by Gasteiger charge is -2.39. The molecule has 0 amide bonds. The van der Waals surface area contributed by atoms with Gasteiger partial charge in [-0.15, -0.1) is 0 Å². The summed E-state index contributed by atoms with van der Waals surface area (Å²) < 4.78 is 13.7. The molecule has 5 rings (SSSR count). The average Bonchev–Trinajstić information content (AvgIpc) is 3.53. The molecule has 0 saturated carbocycles. The number of benzene rings is 2. The molecule has 1 fully saturated rings. The predicted molar refractivity (Wildman–Crippen MR) is 132 cm³/mol. The van der Waals surface area contributed by atoms with Gasteiger partial charge in [-0.1, -0.05) is 48.5 Å². The van der Waals surface area contributed by atoms with Gasteiger partial charge in [-0.05, 0) is 23.3 Å². The lowest BCUT2D eigenvalue weighted by atomic mass is 10.0. The van der Waals surface area contributed by atoms with Crippen LogP contribution in [0.3, 0.4) is 0 Å². The van der Waals surface area contributed by atoms with E-state index < -0.39 is 6.10 Å². The van der Waals surface area contributed by atoms with Crippen LogP contribution in [0, 0.1) is 0 Å². The fourth-order valence-electron chi connectivity index (χ4n) is 4.34. The fourth-order valence-corrected chi connectivity index (χ4v) is 4.34. The average molecular weight is 475 g/mol. The van der Waals surface area contributed by atoms with Gasteiger partial charge in [-0.3, -0.25) is 4.90 Å². The number of hydrogen-bond acceptors (Lipinski definition) is 7. The van der Waals surface area contributed by atoms with Gasteiger partial charge in [0.2, 0.25) is 0 Å². The minimum absolute atomic E-state index is 0.111. The van der Waals surface area contributed by atoms with Crippen molar-refractivity contribution in [2.45, 2.75) is 32.1 Å². The van der Waals surface area contributed by atoms with Gasteiger partial charge in [-0.2, -0.15) is 0 Å². The Morgan fingerprint density at radius 3 is 2.43 bits per heavy atom. The van der Waals surface area contributed by atoms with Gasteiger partial charge in [0, 0.05) is 50.1 Å². The number of ether oxygens (including phenoxy) is 1. The number of nitrogens with zero attached hydrogens (tertiary/aromatic N) is 4. The lowest BCUT2D eigenvalue weighted by Crippen LogP contribution is -2.56. The van der Waals surface area contributed by atoms with Gasteiger partial charge < -0.3 is 24.0 Å². The van der Waals surface area contributed by atoms with Crippen LogP contribution in [-0.2, 0) is 13.0 Å². The summed E-state index contributed by atoms with van der Waals surface area (Å²) in [6.45, 7) is 4.51. The first-order valence-corrected chi connectivity index (χ1v) is 12.0. The second-order valence-electron chi connectivity index (χ2n) is 8.90. The summed E-state index contributed by atoms with van der Waals surface area (Å²) in [6.07, 6.45) is 4.07. The second kappa shape index (κ2) is 10.4. The van der Waals surface area contributed by atoms with Gasteiger partial charge >= 0.3 is 0 Å². The molecule has 1 unspecified atom stereocenters. The SMILES string of the molecule is CCc1nccn1Cc1cc(-c2ccc(-c3ccc(OC4CN(CC(O)CO)C4)cc3)cc2)on1. The molecule has 1 aliphatic heterocycles. The quantitative estimate of drug-likeness (QED) is 0.364. The number of hydrogen-bond donors (Lipinski definition) is 2. The number of aromatic nitrogens is 3. The molecule has 1 saturated heterocycles. The van der Waals surface area contributed by atoms with Gasteiger partial charge in [0.05, 0.1) is 19.3 Å². The van der Waals surface area contributed by atoms with Crippen LogP contribution in [0.2, 0.25) is 0 Å². The van der Waals surface area contributed by atoms with Crippen LogP contribution in [0.15, 0.2) is 71.5 Å². The van der Waals surface area contributed by atoms with Crippen molar-refractivity contribution in [3.63, 3.8) is 0 Å². The molecule has 8 heteroatoms. The Kier molecular flexibility index (Phi) is 6.94. The number of β-amino-alcohol motifs (C(OH)–C–C–N with tert-alkyl or cyclic N) is 1. The third-order valence-electron chi connectivity index (χ3n) is 6.27. The first-order chi connectivity index (χ1) is 17.1. The van der Waals surface area contributed by atoms with E-state index in [-0.39, 0.29) is 12.7 Å². The molecule has 0 aliphatic carbocycles. The smallest absolute Gasteiger partial charge is 0.167 e. The Labute approximate surface area is 204 Å². The standard InChI is InChI=1S/C27H30N4O4/c1-2-27-28-11-12-31(27)14-22-13-26(35-29-22)21-5-3-19(4-6-21)20-7-9-24(10-8-20)34-25-16-30(17-25)15-23(33)18-32/h3-13,23,25,32-33H,2,14-18H2,1H3. The van der Waals surface area contributed by atoms with Crippen LogP contribution in [0.25, 0.3) is 22.5 Å². The Balaban J connectivity index is 1.17. The largest absolute Gasteiger partial charge is 0.488 e. The summed E-state index contributed by atoms with van der Waals surface area (Å²) in [5.74, 6) is 2.61. The zero-order chi connectivity index (χ0) is 24.2. The number of rotatable bonds is 10. The maximum atomic E-state index is 9.51. The first-order valence-electron chi connectivity index (χ1n) is 12.0. The Morgan fingerprint density at radius 1 is 1.06 bits per heavy atom. The van der Waals surface area contributed by atoms with E-state index in [0.717, 1.165) is 59.2 Å². The van der Waals surface area contributed by atoms with Crippen molar-refractivity contribution >= 4 is 0 Å². The zero-order valence-corrected chi connectivity index (χ0v) is 19.7. The molecule has 0 spiro atoms. The minimum Gasteiger partial charge on any atom is -0.488 e. The molecule has 3 heterocycles. The third kappa shape index (κ3) is 5.45. The Hall–Kier alpha value is -3.46. The lowest BCUT2D eigenvalue weighted by molar-refractivity contribution is -0.0201. The van der Waals surface area contributed by atoms with Gasteiger partial charge in [0.15, 0.2) is 5.76 Å². The van der Waals surface area contributed by atoms with Crippen molar-refractivity contribution in [2.75, 3.05) is 26.2 Å². The maximum Gasteiger partial charge on any atom is 0.167 e. The van der Waals surface area contributed by atoms with E-state index in [9.17, 15) is 5.11 Å². The number of imidazole rings is 1. The predicted octanol–water partition coefficient (Wildman–Crippen LogP) is 3.23. The van der Waals surface area contributed by atoms with Crippen molar-refractivity contribution in [1.82, 2.24) is 19.6 Å². The first kappa shape index (κ1) is 23.3. The molecule has 35 heavy (non-hydrogen) atoms. The summed E-state index contributed by atoms with van der Waals surface area (Å²) in [7, 11) is 0. The fraction of sp³-hybridized carbons (Fsp3) is 0.333. The third-order valence-corrected chi connectivity index (χ3v) is 6.27. The highest BCUT2D eigenvalue weighted by Gasteiger charge is 2.29. The summed E-state index contributed by atoms with van der Waals surface area (Å²) in [5, 5.41) is 22.7. The van der Waals surface area contributed by atoms with E-state index in [1.807, 2.05) is 42.7 Å².